The molecule has 0 aromatic heterocycles. The van der Waals surface area contributed by atoms with Crippen LogP contribution in [0.3, 0.4) is 0 Å². The number of likely N-dealkylation sites (tertiary alicyclic amines) is 1. The Bertz CT molecular complexity index is 581. The van der Waals surface area contributed by atoms with Gasteiger partial charge in [-0.15, -0.1) is 12.4 Å². The van der Waals surface area contributed by atoms with Crippen molar-refractivity contribution in [2.24, 2.45) is 17.6 Å². The number of halogens is 1. The number of hydrogen-bond donors (Lipinski definition) is 2. The molecule has 1 saturated heterocycles. The molecule has 1 heterocycles. The molecule has 1 saturated carbocycles. The molecule has 2 amide bonds. The zero-order valence-electron chi connectivity index (χ0n) is 14.5. The van der Waals surface area contributed by atoms with Crippen molar-refractivity contribution < 1.29 is 9.59 Å². The highest BCUT2D eigenvalue weighted by Crippen LogP contribution is 2.28. The molecule has 0 radical (unpaired) electrons. The van der Waals surface area contributed by atoms with Crippen LogP contribution < -0.4 is 11.1 Å². The van der Waals surface area contributed by atoms with E-state index >= 15 is 0 Å². The number of nitrogens with zero attached hydrogens (tertiary/aromatic N) is 1. The SMILES string of the molecule is Cl.N[C@@H]1CCC[C@H]1CC(=O)N1CCCC(C(=O)Nc2ccccc2)C1. The summed E-state index contributed by atoms with van der Waals surface area (Å²) in [6.45, 7) is 1.29. The maximum atomic E-state index is 12.6. The lowest BCUT2D eigenvalue weighted by Crippen LogP contribution is -2.44. The number of carbonyl (C=O) groups excluding carboxylic acids is 2. The molecular weight excluding hydrogens is 338 g/mol. The molecule has 3 rings (SSSR count). The van der Waals surface area contributed by atoms with Gasteiger partial charge in [-0.05, 0) is 43.7 Å². The van der Waals surface area contributed by atoms with Crippen LogP contribution in [0.1, 0.15) is 38.5 Å². The van der Waals surface area contributed by atoms with E-state index in [2.05, 4.69) is 5.32 Å². The Morgan fingerprint density at radius 1 is 1.12 bits per heavy atom. The van der Waals surface area contributed by atoms with Gasteiger partial charge in [-0.2, -0.15) is 0 Å². The Morgan fingerprint density at radius 2 is 1.88 bits per heavy atom. The van der Waals surface area contributed by atoms with Crippen molar-refractivity contribution in [3.05, 3.63) is 30.3 Å². The monoisotopic (exact) mass is 365 g/mol. The summed E-state index contributed by atoms with van der Waals surface area (Å²) in [5.41, 5.74) is 6.89. The summed E-state index contributed by atoms with van der Waals surface area (Å²) < 4.78 is 0. The summed E-state index contributed by atoms with van der Waals surface area (Å²) in [6.07, 6.45) is 5.47. The van der Waals surface area contributed by atoms with Gasteiger partial charge < -0.3 is 16.0 Å². The standard InChI is InChI=1S/C19H27N3O2.ClH/c20-17-10-4-6-14(17)12-18(23)22-11-5-7-15(13-22)19(24)21-16-8-2-1-3-9-16;/h1-3,8-9,14-15,17H,4-7,10-13,20H2,(H,21,24);1H/t14-,15?,17+;/m0./s1. The highest BCUT2D eigenvalue weighted by Gasteiger charge is 2.32. The van der Waals surface area contributed by atoms with E-state index in [-0.39, 0.29) is 36.2 Å². The van der Waals surface area contributed by atoms with Crippen LogP contribution in [-0.2, 0) is 9.59 Å². The van der Waals surface area contributed by atoms with Crippen LogP contribution in [0.15, 0.2) is 30.3 Å². The predicted octanol–water partition coefficient (Wildman–Crippen LogP) is 2.80. The van der Waals surface area contributed by atoms with Gasteiger partial charge >= 0.3 is 0 Å². The van der Waals surface area contributed by atoms with Crippen LogP contribution in [-0.4, -0.2) is 35.8 Å². The van der Waals surface area contributed by atoms with Gasteiger partial charge in [0, 0.05) is 31.2 Å². The molecule has 2 aliphatic rings. The maximum absolute atomic E-state index is 12.6. The van der Waals surface area contributed by atoms with E-state index in [1.165, 1.54) is 0 Å². The number of carbonyl (C=O) groups is 2. The molecule has 1 aromatic carbocycles. The summed E-state index contributed by atoms with van der Waals surface area (Å²) in [7, 11) is 0. The Morgan fingerprint density at radius 3 is 2.56 bits per heavy atom. The second-order valence-corrected chi connectivity index (χ2v) is 7.09. The van der Waals surface area contributed by atoms with Gasteiger partial charge in [0.1, 0.15) is 0 Å². The third kappa shape index (κ3) is 5.19. The molecule has 3 atom stereocenters. The summed E-state index contributed by atoms with van der Waals surface area (Å²) in [5, 5.41) is 2.95. The van der Waals surface area contributed by atoms with Crippen molar-refractivity contribution in [3.63, 3.8) is 0 Å². The highest BCUT2D eigenvalue weighted by atomic mass is 35.5. The lowest BCUT2D eigenvalue weighted by Gasteiger charge is -2.33. The molecule has 1 aliphatic heterocycles. The van der Waals surface area contributed by atoms with E-state index in [4.69, 9.17) is 5.73 Å². The fraction of sp³-hybridized carbons (Fsp3) is 0.579. The van der Waals surface area contributed by atoms with E-state index in [0.717, 1.165) is 44.3 Å². The Balaban J connectivity index is 0.00000225. The van der Waals surface area contributed by atoms with Crippen LogP contribution in [0.4, 0.5) is 5.69 Å². The van der Waals surface area contributed by atoms with Gasteiger partial charge in [0.25, 0.3) is 0 Å². The predicted molar refractivity (Wildman–Crippen MR) is 102 cm³/mol. The summed E-state index contributed by atoms with van der Waals surface area (Å²) in [5.74, 6) is 0.363. The van der Waals surface area contributed by atoms with Crippen molar-refractivity contribution in [2.75, 3.05) is 18.4 Å². The number of hydrogen-bond acceptors (Lipinski definition) is 3. The number of amides is 2. The summed E-state index contributed by atoms with van der Waals surface area (Å²) in [4.78, 5) is 26.9. The average molecular weight is 366 g/mol. The minimum absolute atomic E-state index is 0. The normalized spacial score (nSPS) is 26.0. The molecule has 138 valence electrons. The number of rotatable bonds is 4. The summed E-state index contributed by atoms with van der Waals surface area (Å²) in [6, 6.07) is 9.64. The number of para-hydroxylation sites is 1. The van der Waals surface area contributed by atoms with Gasteiger partial charge in [0.15, 0.2) is 0 Å². The zero-order chi connectivity index (χ0) is 16.9. The lowest BCUT2D eigenvalue weighted by molar-refractivity contribution is -0.135. The first-order valence-electron chi connectivity index (χ1n) is 9.03. The van der Waals surface area contributed by atoms with E-state index in [1.807, 2.05) is 35.2 Å². The van der Waals surface area contributed by atoms with Crippen LogP contribution >= 0.6 is 12.4 Å². The van der Waals surface area contributed by atoms with Crippen LogP contribution in [0, 0.1) is 11.8 Å². The number of benzene rings is 1. The molecule has 5 nitrogen and oxygen atoms in total. The van der Waals surface area contributed by atoms with E-state index in [9.17, 15) is 9.59 Å². The van der Waals surface area contributed by atoms with E-state index < -0.39 is 0 Å². The molecule has 1 aromatic rings. The van der Waals surface area contributed by atoms with Gasteiger partial charge in [-0.25, -0.2) is 0 Å². The van der Waals surface area contributed by atoms with Crippen molar-refractivity contribution >= 4 is 29.9 Å². The van der Waals surface area contributed by atoms with Crippen LogP contribution in [0.25, 0.3) is 0 Å². The average Bonchev–Trinajstić information content (AvgIpc) is 3.00. The molecular formula is C19H28ClN3O2. The van der Waals surface area contributed by atoms with Gasteiger partial charge in [0.2, 0.25) is 11.8 Å². The molecule has 0 bridgehead atoms. The molecule has 1 unspecified atom stereocenters. The van der Waals surface area contributed by atoms with Gasteiger partial charge in [-0.1, -0.05) is 24.6 Å². The van der Waals surface area contributed by atoms with E-state index in [0.29, 0.717) is 18.9 Å². The number of piperidine rings is 1. The van der Waals surface area contributed by atoms with Crippen LogP contribution in [0.5, 0.6) is 0 Å². The lowest BCUT2D eigenvalue weighted by atomic mass is 9.94. The highest BCUT2D eigenvalue weighted by molar-refractivity contribution is 5.93. The Hall–Kier alpha value is -1.59. The smallest absolute Gasteiger partial charge is 0.229 e. The molecule has 6 heteroatoms. The molecule has 1 aliphatic carbocycles. The molecule has 0 spiro atoms. The Labute approximate surface area is 155 Å². The Kier molecular flexibility index (Phi) is 7.26. The first-order valence-corrected chi connectivity index (χ1v) is 9.03. The second-order valence-electron chi connectivity index (χ2n) is 7.09. The van der Waals surface area contributed by atoms with Gasteiger partial charge in [-0.3, -0.25) is 9.59 Å². The van der Waals surface area contributed by atoms with E-state index in [1.54, 1.807) is 0 Å². The van der Waals surface area contributed by atoms with Crippen molar-refractivity contribution in [1.82, 2.24) is 4.90 Å². The minimum atomic E-state index is -0.125. The van der Waals surface area contributed by atoms with Crippen molar-refractivity contribution in [2.45, 2.75) is 44.6 Å². The van der Waals surface area contributed by atoms with Crippen LogP contribution in [0.2, 0.25) is 0 Å². The second kappa shape index (κ2) is 9.20. The topological polar surface area (TPSA) is 75.4 Å². The fourth-order valence-electron chi connectivity index (χ4n) is 3.86. The first kappa shape index (κ1) is 19.7. The molecule has 25 heavy (non-hydrogen) atoms. The zero-order valence-corrected chi connectivity index (χ0v) is 15.3. The maximum Gasteiger partial charge on any atom is 0.229 e. The minimum Gasteiger partial charge on any atom is -0.342 e. The molecule has 2 fully saturated rings. The first-order chi connectivity index (χ1) is 11.6. The number of nitrogens with one attached hydrogen (secondary N) is 1. The van der Waals surface area contributed by atoms with Crippen molar-refractivity contribution in [1.29, 1.82) is 0 Å². The fourth-order valence-corrected chi connectivity index (χ4v) is 3.86. The largest absolute Gasteiger partial charge is 0.342 e. The molecule has 3 N–H and O–H groups in total. The van der Waals surface area contributed by atoms with Crippen molar-refractivity contribution in [3.8, 4) is 0 Å². The third-order valence-electron chi connectivity index (χ3n) is 5.34. The number of anilines is 1. The quantitative estimate of drug-likeness (QED) is 0.861. The third-order valence-corrected chi connectivity index (χ3v) is 5.34. The summed E-state index contributed by atoms with van der Waals surface area (Å²) >= 11 is 0. The number of nitrogens with two attached hydrogens (primary N) is 1. The van der Waals surface area contributed by atoms with Gasteiger partial charge in [0.05, 0.1) is 5.92 Å².